The second-order valence-electron chi connectivity index (χ2n) is 9.03. The van der Waals surface area contributed by atoms with Gasteiger partial charge in [-0.25, -0.2) is 14.8 Å². The van der Waals surface area contributed by atoms with E-state index in [-0.39, 0.29) is 12.6 Å². The number of pyridine rings is 1. The maximum Gasteiger partial charge on any atom is 0.407 e. The Labute approximate surface area is 207 Å². The Morgan fingerprint density at radius 3 is 2.89 bits per heavy atom. The number of hydrogen-bond donors (Lipinski definition) is 2. The zero-order valence-corrected chi connectivity index (χ0v) is 20.1. The van der Waals surface area contributed by atoms with Crippen molar-refractivity contribution in [2.24, 2.45) is 0 Å². The van der Waals surface area contributed by atoms with E-state index < -0.39 is 11.6 Å². The lowest BCUT2D eigenvalue weighted by molar-refractivity contribution is 0.120. The third kappa shape index (κ3) is 5.35. The summed E-state index contributed by atoms with van der Waals surface area (Å²) in [5.74, 6) is 1.00. The van der Waals surface area contributed by atoms with Crippen LogP contribution < -0.4 is 10.6 Å². The van der Waals surface area contributed by atoms with Crippen LogP contribution in [0.4, 0.5) is 10.7 Å². The third-order valence-electron chi connectivity index (χ3n) is 6.20. The van der Waals surface area contributed by atoms with E-state index in [1.807, 2.05) is 66.1 Å². The highest BCUT2D eigenvalue weighted by Gasteiger charge is 2.34. The van der Waals surface area contributed by atoms with Crippen LogP contribution in [-0.2, 0) is 11.3 Å². The summed E-state index contributed by atoms with van der Waals surface area (Å²) in [4.78, 5) is 21.5. The molecule has 3 aromatic heterocycles. The van der Waals surface area contributed by atoms with Gasteiger partial charge in [-0.05, 0) is 50.3 Å². The standard InChI is InChI=1S/C25H26ClN7O2/c1-25(30-24(34)35-16-17-8-3-2-4-9-17)12-7-10-18(14-25)28-23-27-15-19(26)21(29-23)22-32-31-20-11-5-6-13-33(20)22/h2-6,8-9,11,13,15,18H,7,10,12,14,16H2,1H3,(H,30,34)(H,27,28,29). The van der Waals surface area contributed by atoms with Crippen LogP contribution in [0.5, 0.6) is 0 Å². The molecule has 1 aromatic carbocycles. The molecule has 0 spiro atoms. The minimum Gasteiger partial charge on any atom is -0.445 e. The number of amides is 1. The summed E-state index contributed by atoms with van der Waals surface area (Å²) in [6.07, 6.45) is 6.48. The first-order valence-electron chi connectivity index (χ1n) is 11.6. The first-order chi connectivity index (χ1) is 17.0. The summed E-state index contributed by atoms with van der Waals surface area (Å²) in [5.41, 5.74) is 1.76. The van der Waals surface area contributed by atoms with Gasteiger partial charge in [0.25, 0.3) is 0 Å². The van der Waals surface area contributed by atoms with E-state index in [9.17, 15) is 4.79 Å². The van der Waals surface area contributed by atoms with Gasteiger partial charge in [-0.15, -0.1) is 10.2 Å². The Balaban J connectivity index is 1.25. The van der Waals surface area contributed by atoms with E-state index in [1.54, 1.807) is 6.20 Å². The Morgan fingerprint density at radius 1 is 1.20 bits per heavy atom. The summed E-state index contributed by atoms with van der Waals surface area (Å²) >= 11 is 6.41. The highest BCUT2D eigenvalue weighted by molar-refractivity contribution is 6.32. The van der Waals surface area contributed by atoms with Gasteiger partial charge in [0.15, 0.2) is 11.5 Å². The molecule has 1 aliphatic carbocycles. The van der Waals surface area contributed by atoms with Gasteiger partial charge in [-0.1, -0.05) is 48.0 Å². The summed E-state index contributed by atoms with van der Waals surface area (Å²) < 4.78 is 7.26. The second-order valence-corrected chi connectivity index (χ2v) is 9.43. The minimum absolute atomic E-state index is 0.0762. The van der Waals surface area contributed by atoms with Crippen LogP contribution in [0.15, 0.2) is 60.9 Å². The molecule has 4 aromatic rings. The summed E-state index contributed by atoms with van der Waals surface area (Å²) in [5, 5.41) is 15.3. The van der Waals surface area contributed by atoms with Gasteiger partial charge in [0.2, 0.25) is 5.95 Å². The van der Waals surface area contributed by atoms with Gasteiger partial charge in [0, 0.05) is 17.8 Å². The fraction of sp³-hybridized carbons (Fsp3) is 0.320. The Hall–Kier alpha value is -3.72. The quantitative estimate of drug-likeness (QED) is 0.396. The molecule has 0 saturated heterocycles. The zero-order chi connectivity index (χ0) is 24.3. The number of nitrogens with one attached hydrogen (secondary N) is 2. The number of carbonyl (C=O) groups excluding carboxylic acids is 1. The summed E-state index contributed by atoms with van der Waals surface area (Å²) in [7, 11) is 0. The Bertz CT molecular complexity index is 1330. The van der Waals surface area contributed by atoms with Crippen molar-refractivity contribution in [3.05, 3.63) is 71.5 Å². The molecule has 5 rings (SSSR count). The molecule has 0 aliphatic heterocycles. The molecule has 0 bridgehead atoms. The van der Waals surface area contributed by atoms with Crippen molar-refractivity contribution in [1.82, 2.24) is 29.9 Å². The van der Waals surface area contributed by atoms with Gasteiger partial charge in [0.05, 0.1) is 11.2 Å². The Morgan fingerprint density at radius 2 is 2.03 bits per heavy atom. The number of ether oxygens (including phenoxy) is 1. The van der Waals surface area contributed by atoms with Crippen LogP contribution in [-0.4, -0.2) is 42.2 Å². The van der Waals surface area contributed by atoms with Crippen molar-refractivity contribution < 1.29 is 9.53 Å². The molecule has 1 amide bonds. The number of benzene rings is 1. The van der Waals surface area contributed by atoms with Crippen molar-refractivity contribution in [3.63, 3.8) is 0 Å². The van der Waals surface area contributed by atoms with Gasteiger partial charge in [0.1, 0.15) is 12.3 Å². The minimum atomic E-state index is -0.416. The van der Waals surface area contributed by atoms with Crippen molar-refractivity contribution >= 4 is 29.3 Å². The van der Waals surface area contributed by atoms with Crippen molar-refractivity contribution in [2.75, 3.05) is 5.32 Å². The Kier molecular flexibility index (Phi) is 6.50. The number of hydrogen-bond acceptors (Lipinski definition) is 7. The fourth-order valence-electron chi connectivity index (χ4n) is 4.51. The molecule has 3 heterocycles. The predicted molar refractivity (Wildman–Crippen MR) is 133 cm³/mol. The first-order valence-corrected chi connectivity index (χ1v) is 11.9. The van der Waals surface area contributed by atoms with E-state index in [1.165, 1.54) is 0 Å². The van der Waals surface area contributed by atoms with Crippen LogP contribution in [0, 0.1) is 0 Å². The number of rotatable bonds is 6. The first kappa shape index (κ1) is 23.0. The van der Waals surface area contributed by atoms with Crippen LogP contribution in [0.25, 0.3) is 17.2 Å². The maximum atomic E-state index is 12.5. The van der Waals surface area contributed by atoms with Crippen molar-refractivity contribution in [1.29, 1.82) is 0 Å². The fourth-order valence-corrected chi connectivity index (χ4v) is 4.68. The molecule has 9 nitrogen and oxygen atoms in total. The third-order valence-corrected chi connectivity index (χ3v) is 6.47. The SMILES string of the molecule is CC1(NC(=O)OCc2ccccc2)CCCC(Nc2ncc(Cl)c(-c3nnc4ccccn34)n2)C1. The lowest BCUT2D eigenvalue weighted by Gasteiger charge is -2.38. The average molecular weight is 492 g/mol. The molecule has 2 atom stereocenters. The van der Waals surface area contributed by atoms with Crippen molar-refractivity contribution in [2.45, 2.75) is 50.8 Å². The van der Waals surface area contributed by atoms with Crippen molar-refractivity contribution in [3.8, 4) is 11.5 Å². The van der Waals surface area contributed by atoms with Crippen LogP contribution in [0.1, 0.15) is 38.2 Å². The number of carbonyl (C=O) groups is 1. The smallest absolute Gasteiger partial charge is 0.407 e. The molecule has 0 radical (unpaired) electrons. The van der Waals surface area contributed by atoms with Gasteiger partial charge < -0.3 is 15.4 Å². The van der Waals surface area contributed by atoms with Crippen LogP contribution in [0.3, 0.4) is 0 Å². The lowest BCUT2D eigenvalue weighted by Crippen LogP contribution is -2.51. The van der Waals surface area contributed by atoms with Crippen LogP contribution in [0.2, 0.25) is 5.02 Å². The molecule has 10 heteroatoms. The number of fused-ring (bicyclic) bond motifs is 1. The van der Waals surface area contributed by atoms with Gasteiger partial charge >= 0.3 is 6.09 Å². The summed E-state index contributed by atoms with van der Waals surface area (Å²) in [6, 6.07) is 15.4. The molecule has 1 saturated carbocycles. The predicted octanol–water partition coefficient (Wildman–Crippen LogP) is 4.88. The van der Waals surface area contributed by atoms with Crippen LogP contribution >= 0.6 is 11.6 Å². The van der Waals surface area contributed by atoms with E-state index >= 15 is 0 Å². The number of nitrogens with zero attached hydrogens (tertiary/aromatic N) is 5. The average Bonchev–Trinajstić information content (AvgIpc) is 3.28. The van der Waals surface area contributed by atoms with Gasteiger partial charge in [-0.3, -0.25) is 4.40 Å². The monoisotopic (exact) mass is 491 g/mol. The number of aromatic nitrogens is 5. The normalized spacial score (nSPS) is 19.9. The highest BCUT2D eigenvalue weighted by atomic mass is 35.5. The number of alkyl carbamates (subject to hydrolysis) is 1. The number of halogens is 1. The molecule has 180 valence electrons. The second kappa shape index (κ2) is 9.87. The largest absolute Gasteiger partial charge is 0.445 e. The molecule has 1 fully saturated rings. The highest BCUT2D eigenvalue weighted by Crippen LogP contribution is 2.31. The zero-order valence-electron chi connectivity index (χ0n) is 19.3. The van der Waals surface area contributed by atoms with E-state index in [0.717, 1.165) is 24.8 Å². The molecule has 35 heavy (non-hydrogen) atoms. The topological polar surface area (TPSA) is 106 Å². The molecule has 2 unspecified atom stereocenters. The maximum absolute atomic E-state index is 12.5. The molecule has 2 N–H and O–H groups in total. The lowest BCUT2D eigenvalue weighted by atomic mass is 9.80. The van der Waals surface area contributed by atoms with Gasteiger partial charge in [-0.2, -0.15) is 0 Å². The number of anilines is 1. The molecular weight excluding hydrogens is 466 g/mol. The van der Waals surface area contributed by atoms with E-state index in [2.05, 4.69) is 30.8 Å². The van der Waals surface area contributed by atoms with E-state index in [0.29, 0.717) is 34.6 Å². The van der Waals surface area contributed by atoms with E-state index in [4.69, 9.17) is 16.3 Å². The molecule has 1 aliphatic rings. The summed E-state index contributed by atoms with van der Waals surface area (Å²) in [6.45, 7) is 2.28. The molecular formula is C25H26ClN7O2.